The molecule has 1 rings (SSSR count). The van der Waals surface area contributed by atoms with E-state index < -0.39 is 23.1 Å². The average Bonchev–Trinajstić information content (AvgIpc) is 2.07. The molecule has 0 fully saturated rings. The maximum absolute atomic E-state index is 13.1. The molecule has 0 saturated carbocycles. The highest BCUT2D eigenvalue weighted by atomic mass is 19.4. The van der Waals surface area contributed by atoms with Crippen LogP contribution in [0.4, 0.5) is 17.6 Å². The normalized spacial score (nSPS) is 11.1. The molecular formula is C9H5F4N. The molecule has 0 aliphatic rings. The summed E-state index contributed by atoms with van der Waals surface area (Å²) in [6, 6.07) is 2.92. The van der Waals surface area contributed by atoms with E-state index in [2.05, 4.69) is 0 Å². The van der Waals surface area contributed by atoms with Gasteiger partial charge >= 0.3 is 6.18 Å². The van der Waals surface area contributed by atoms with Gasteiger partial charge in [0.15, 0.2) is 0 Å². The third-order valence-corrected chi connectivity index (χ3v) is 1.75. The highest BCUT2D eigenvalue weighted by Gasteiger charge is 2.35. The summed E-state index contributed by atoms with van der Waals surface area (Å²) < 4.78 is 49.8. The van der Waals surface area contributed by atoms with Crippen molar-refractivity contribution in [2.75, 3.05) is 0 Å². The summed E-state index contributed by atoms with van der Waals surface area (Å²) in [5, 5.41) is 8.40. The number of nitriles is 1. The molecule has 14 heavy (non-hydrogen) atoms. The maximum atomic E-state index is 13.1. The first-order valence-electron chi connectivity index (χ1n) is 3.64. The molecule has 0 unspecified atom stereocenters. The molecule has 1 aromatic carbocycles. The van der Waals surface area contributed by atoms with Crippen molar-refractivity contribution < 1.29 is 17.6 Å². The molecule has 1 aromatic rings. The molecule has 0 atom stereocenters. The van der Waals surface area contributed by atoms with Crippen LogP contribution in [0.1, 0.15) is 16.7 Å². The number of benzene rings is 1. The van der Waals surface area contributed by atoms with Crippen molar-refractivity contribution in [2.24, 2.45) is 0 Å². The third kappa shape index (κ3) is 1.69. The van der Waals surface area contributed by atoms with E-state index in [9.17, 15) is 17.6 Å². The summed E-state index contributed by atoms with van der Waals surface area (Å²) in [6.45, 7) is 1.30. The minimum absolute atomic E-state index is 0.0227. The van der Waals surface area contributed by atoms with E-state index in [-0.39, 0.29) is 5.56 Å². The van der Waals surface area contributed by atoms with Crippen molar-refractivity contribution >= 4 is 0 Å². The predicted octanol–water partition coefficient (Wildman–Crippen LogP) is 3.02. The molecule has 0 N–H and O–H groups in total. The van der Waals surface area contributed by atoms with Crippen LogP contribution in [0.2, 0.25) is 0 Å². The zero-order valence-electron chi connectivity index (χ0n) is 7.11. The monoisotopic (exact) mass is 203 g/mol. The third-order valence-electron chi connectivity index (χ3n) is 1.75. The van der Waals surface area contributed by atoms with Gasteiger partial charge in [-0.3, -0.25) is 0 Å². The number of rotatable bonds is 0. The largest absolute Gasteiger partial charge is 0.417 e. The topological polar surface area (TPSA) is 23.8 Å². The Hall–Kier alpha value is -1.57. The highest BCUT2D eigenvalue weighted by molar-refractivity contribution is 5.43. The molecule has 0 heterocycles. The fourth-order valence-corrected chi connectivity index (χ4v) is 1.03. The van der Waals surface area contributed by atoms with Crippen LogP contribution in [0.5, 0.6) is 0 Å². The Morgan fingerprint density at radius 1 is 1.29 bits per heavy atom. The summed E-state index contributed by atoms with van der Waals surface area (Å²) in [5.41, 5.74) is -2.16. The van der Waals surface area contributed by atoms with Gasteiger partial charge in [-0.15, -0.1) is 0 Å². The number of aryl methyl sites for hydroxylation is 1. The lowest BCUT2D eigenvalue weighted by Gasteiger charge is -2.09. The minimum atomic E-state index is -4.69. The lowest BCUT2D eigenvalue weighted by atomic mass is 10.0. The van der Waals surface area contributed by atoms with E-state index in [4.69, 9.17) is 5.26 Å². The zero-order valence-corrected chi connectivity index (χ0v) is 7.11. The Kier molecular flexibility index (Phi) is 2.47. The second-order valence-electron chi connectivity index (χ2n) is 2.73. The molecule has 0 saturated heterocycles. The fraction of sp³-hybridized carbons (Fsp3) is 0.222. The summed E-state index contributed by atoms with van der Waals surface area (Å²) in [4.78, 5) is 0. The Morgan fingerprint density at radius 3 is 2.29 bits per heavy atom. The van der Waals surface area contributed by atoms with Crippen LogP contribution in [0, 0.1) is 24.1 Å². The second kappa shape index (κ2) is 3.29. The molecule has 0 aliphatic heterocycles. The Morgan fingerprint density at radius 2 is 1.86 bits per heavy atom. The van der Waals surface area contributed by atoms with Crippen molar-refractivity contribution in [3.63, 3.8) is 0 Å². The second-order valence-corrected chi connectivity index (χ2v) is 2.73. The fourth-order valence-electron chi connectivity index (χ4n) is 1.03. The molecular weight excluding hydrogens is 198 g/mol. The van der Waals surface area contributed by atoms with E-state index >= 15 is 0 Å². The van der Waals surface area contributed by atoms with E-state index in [0.717, 1.165) is 6.07 Å². The smallest absolute Gasteiger partial charge is 0.205 e. The summed E-state index contributed by atoms with van der Waals surface area (Å²) in [6.07, 6.45) is -4.69. The van der Waals surface area contributed by atoms with Crippen molar-refractivity contribution in [1.29, 1.82) is 5.26 Å². The molecule has 5 heteroatoms. The van der Waals surface area contributed by atoms with Gasteiger partial charge in [0, 0.05) is 0 Å². The van der Waals surface area contributed by atoms with Crippen LogP contribution in [0.25, 0.3) is 0 Å². The van der Waals surface area contributed by atoms with Gasteiger partial charge in [0.1, 0.15) is 17.4 Å². The van der Waals surface area contributed by atoms with Gasteiger partial charge in [-0.25, -0.2) is 4.39 Å². The Balaban J connectivity index is 3.49. The van der Waals surface area contributed by atoms with Crippen molar-refractivity contribution in [3.8, 4) is 6.07 Å². The molecule has 0 amide bonds. The number of alkyl halides is 3. The van der Waals surface area contributed by atoms with Crippen molar-refractivity contribution in [2.45, 2.75) is 13.1 Å². The number of halogens is 4. The molecule has 0 bridgehead atoms. The number of nitrogens with zero attached hydrogens (tertiary/aromatic N) is 1. The van der Waals surface area contributed by atoms with E-state index in [1.807, 2.05) is 0 Å². The summed E-state index contributed by atoms with van der Waals surface area (Å²) >= 11 is 0. The maximum Gasteiger partial charge on any atom is 0.417 e. The lowest BCUT2D eigenvalue weighted by molar-refractivity contribution is -0.138. The predicted molar refractivity (Wildman–Crippen MR) is 40.9 cm³/mol. The van der Waals surface area contributed by atoms with Crippen LogP contribution in [0.3, 0.4) is 0 Å². The van der Waals surface area contributed by atoms with Gasteiger partial charge in [0.05, 0.1) is 5.56 Å². The van der Waals surface area contributed by atoms with Crippen LogP contribution in [0.15, 0.2) is 12.1 Å². The van der Waals surface area contributed by atoms with Gasteiger partial charge in [-0.05, 0) is 18.6 Å². The van der Waals surface area contributed by atoms with E-state index in [1.54, 1.807) is 0 Å². The van der Waals surface area contributed by atoms with Gasteiger partial charge in [-0.2, -0.15) is 18.4 Å². The molecule has 1 nitrogen and oxygen atoms in total. The molecule has 0 aromatic heterocycles. The van der Waals surface area contributed by atoms with Gasteiger partial charge in [0.25, 0.3) is 0 Å². The number of hydrogen-bond donors (Lipinski definition) is 0. The Bertz CT molecular complexity index is 400. The van der Waals surface area contributed by atoms with Gasteiger partial charge in [-0.1, -0.05) is 6.07 Å². The van der Waals surface area contributed by atoms with Crippen LogP contribution in [-0.2, 0) is 6.18 Å². The van der Waals surface area contributed by atoms with Gasteiger partial charge in [0.2, 0.25) is 0 Å². The average molecular weight is 203 g/mol. The standard InChI is InChI=1S/C9H5F4N/c1-5-2-3-7(9(11,12)13)6(4-14)8(5)10/h2-3H,1H3. The molecule has 0 radical (unpaired) electrons. The first kappa shape index (κ1) is 10.5. The van der Waals surface area contributed by atoms with Crippen LogP contribution >= 0.6 is 0 Å². The molecule has 0 spiro atoms. The summed E-state index contributed by atoms with van der Waals surface area (Å²) in [5.74, 6) is -1.11. The quantitative estimate of drug-likeness (QED) is 0.594. The minimum Gasteiger partial charge on any atom is -0.205 e. The number of hydrogen-bond acceptors (Lipinski definition) is 1. The van der Waals surface area contributed by atoms with Crippen molar-refractivity contribution in [3.05, 3.63) is 34.6 Å². The van der Waals surface area contributed by atoms with Crippen LogP contribution in [-0.4, -0.2) is 0 Å². The summed E-state index contributed by atoms with van der Waals surface area (Å²) in [7, 11) is 0. The first-order chi connectivity index (χ1) is 6.38. The Labute approximate surface area is 77.6 Å². The van der Waals surface area contributed by atoms with Crippen LogP contribution < -0.4 is 0 Å². The lowest BCUT2D eigenvalue weighted by Crippen LogP contribution is -2.09. The van der Waals surface area contributed by atoms with Crippen molar-refractivity contribution in [1.82, 2.24) is 0 Å². The molecule has 0 aliphatic carbocycles. The highest BCUT2D eigenvalue weighted by Crippen LogP contribution is 2.33. The van der Waals surface area contributed by atoms with E-state index in [0.29, 0.717) is 6.07 Å². The SMILES string of the molecule is Cc1ccc(C(F)(F)F)c(C#N)c1F. The first-order valence-corrected chi connectivity index (χ1v) is 3.64. The van der Waals surface area contributed by atoms with E-state index in [1.165, 1.54) is 13.0 Å². The van der Waals surface area contributed by atoms with Gasteiger partial charge < -0.3 is 0 Å². The zero-order chi connectivity index (χ0) is 10.9. The molecule has 74 valence electrons.